The summed E-state index contributed by atoms with van der Waals surface area (Å²) in [7, 11) is 3.09. The molecule has 0 radical (unpaired) electrons. The largest absolute Gasteiger partial charge is 0.493 e. The Morgan fingerprint density at radius 1 is 1.12 bits per heavy atom. The molecule has 1 aromatic carbocycles. The average Bonchev–Trinajstić information content (AvgIpc) is 2.55. The number of hydrogen-bond acceptors (Lipinski definition) is 6. The molecule has 7 nitrogen and oxygen atoms in total. The van der Waals surface area contributed by atoms with Crippen LogP contribution in [0.5, 0.6) is 11.5 Å². The number of benzene rings is 1. The van der Waals surface area contributed by atoms with E-state index in [1.807, 2.05) is 0 Å². The van der Waals surface area contributed by atoms with Crippen LogP contribution in [-0.2, 0) is 16.1 Å². The van der Waals surface area contributed by atoms with Crippen LogP contribution in [0.1, 0.15) is 13.8 Å². The number of hydrogen-bond donors (Lipinski definition) is 0. The standard InChI is InChI=1S/C17H20N2O5/c1-11(2)24-17(21)10-19-16(20)8-6-13(18-19)12-5-7-14(22-3)15(9-12)23-4/h5-9,11H,10H2,1-4H3. The number of carbonyl (C=O) groups is 1. The second-order valence-electron chi connectivity index (χ2n) is 5.32. The van der Waals surface area contributed by atoms with E-state index in [4.69, 9.17) is 14.2 Å². The lowest BCUT2D eigenvalue weighted by Gasteiger charge is -2.11. The van der Waals surface area contributed by atoms with Crippen LogP contribution in [0.25, 0.3) is 11.3 Å². The van der Waals surface area contributed by atoms with Gasteiger partial charge in [-0.3, -0.25) is 9.59 Å². The zero-order chi connectivity index (χ0) is 17.7. The van der Waals surface area contributed by atoms with Crippen molar-refractivity contribution in [3.8, 4) is 22.8 Å². The van der Waals surface area contributed by atoms with E-state index < -0.39 is 5.97 Å². The number of methoxy groups -OCH3 is 2. The lowest BCUT2D eigenvalue weighted by Crippen LogP contribution is -2.28. The van der Waals surface area contributed by atoms with Gasteiger partial charge in [0.25, 0.3) is 5.56 Å². The molecule has 1 aromatic heterocycles. The Morgan fingerprint density at radius 2 is 1.83 bits per heavy atom. The van der Waals surface area contributed by atoms with Gasteiger partial charge in [0.2, 0.25) is 0 Å². The first kappa shape index (κ1) is 17.5. The minimum atomic E-state index is -0.510. The topological polar surface area (TPSA) is 79.7 Å². The Labute approximate surface area is 139 Å². The highest BCUT2D eigenvalue weighted by Gasteiger charge is 2.12. The number of rotatable bonds is 6. The molecule has 2 aromatic rings. The summed E-state index contributed by atoms with van der Waals surface area (Å²) in [6.45, 7) is 3.25. The smallest absolute Gasteiger partial charge is 0.328 e. The Hall–Kier alpha value is -2.83. The fraction of sp³-hybridized carbons (Fsp3) is 0.353. The summed E-state index contributed by atoms with van der Waals surface area (Å²) in [4.78, 5) is 23.6. The van der Waals surface area contributed by atoms with Gasteiger partial charge in [-0.2, -0.15) is 5.10 Å². The lowest BCUT2D eigenvalue weighted by molar-refractivity contribution is -0.148. The van der Waals surface area contributed by atoms with E-state index in [0.717, 1.165) is 10.2 Å². The number of carbonyl (C=O) groups excluding carboxylic acids is 1. The molecule has 128 valence electrons. The second-order valence-corrected chi connectivity index (χ2v) is 5.32. The summed E-state index contributed by atoms with van der Waals surface area (Å²) >= 11 is 0. The molecule has 0 fully saturated rings. The Bertz CT molecular complexity index is 783. The second kappa shape index (κ2) is 7.63. The first-order valence-corrected chi connectivity index (χ1v) is 7.44. The van der Waals surface area contributed by atoms with Crippen LogP contribution in [0.3, 0.4) is 0 Å². The van der Waals surface area contributed by atoms with Crippen LogP contribution < -0.4 is 15.0 Å². The van der Waals surface area contributed by atoms with Gasteiger partial charge in [0, 0.05) is 11.6 Å². The maximum absolute atomic E-state index is 11.9. The van der Waals surface area contributed by atoms with Crippen LogP contribution in [-0.4, -0.2) is 36.1 Å². The number of esters is 1. The summed E-state index contributed by atoms with van der Waals surface area (Å²) in [6, 6.07) is 8.25. The summed E-state index contributed by atoms with van der Waals surface area (Å²) in [5.74, 6) is 0.632. The van der Waals surface area contributed by atoms with Crippen LogP contribution >= 0.6 is 0 Å². The first-order chi connectivity index (χ1) is 11.4. The van der Waals surface area contributed by atoms with Gasteiger partial charge in [0.15, 0.2) is 11.5 Å². The third-order valence-electron chi connectivity index (χ3n) is 3.19. The predicted octanol–water partition coefficient (Wildman–Crippen LogP) is 1.88. The number of ether oxygens (including phenoxy) is 3. The van der Waals surface area contributed by atoms with Crippen molar-refractivity contribution in [3.05, 3.63) is 40.7 Å². The van der Waals surface area contributed by atoms with Gasteiger partial charge in [-0.1, -0.05) is 0 Å². The molecule has 2 rings (SSSR count). The van der Waals surface area contributed by atoms with Crippen LogP contribution in [0, 0.1) is 0 Å². The van der Waals surface area contributed by atoms with E-state index >= 15 is 0 Å². The normalized spacial score (nSPS) is 10.5. The molecule has 0 saturated heterocycles. The average molecular weight is 332 g/mol. The van der Waals surface area contributed by atoms with E-state index in [1.165, 1.54) is 13.2 Å². The van der Waals surface area contributed by atoms with Crippen molar-refractivity contribution < 1.29 is 19.0 Å². The minimum absolute atomic E-state index is 0.238. The van der Waals surface area contributed by atoms with Crippen molar-refractivity contribution in [2.24, 2.45) is 0 Å². The minimum Gasteiger partial charge on any atom is -0.493 e. The monoisotopic (exact) mass is 332 g/mol. The number of aromatic nitrogens is 2. The molecule has 0 unspecified atom stereocenters. The Morgan fingerprint density at radius 3 is 2.46 bits per heavy atom. The van der Waals surface area contributed by atoms with Gasteiger partial charge < -0.3 is 14.2 Å². The highest BCUT2D eigenvalue weighted by Crippen LogP contribution is 2.31. The zero-order valence-electron chi connectivity index (χ0n) is 14.1. The van der Waals surface area contributed by atoms with Crippen molar-refractivity contribution in [3.63, 3.8) is 0 Å². The summed E-state index contributed by atoms with van der Waals surface area (Å²) in [5, 5.41) is 4.23. The summed E-state index contributed by atoms with van der Waals surface area (Å²) in [6.07, 6.45) is -0.248. The molecule has 24 heavy (non-hydrogen) atoms. The van der Waals surface area contributed by atoms with Crippen LogP contribution in [0.15, 0.2) is 35.1 Å². The molecule has 0 amide bonds. The summed E-state index contributed by atoms with van der Waals surface area (Å²) < 4.78 is 16.6. The molecule has 0 atom stereocenters. The lowest BCUT2D eigenvalue weighted by atomic mass is 10.1. The molecular weight excluding hydrogens is 312 g/mol. The molecule has 7 heteroatoms. The molecule has 0 aliphatic rings. The summed E-state index contributed by atoms with van der Waals surface area (Å²) in [5.41, 5.74) is 0.895. The fourth-order valence-corrected chi connectivity index (χ4v) is 2.13. The van der Waals surface area contributed by atoms with Crippen molar-refractivity contribution in [1.82, 2.24) is 9.78 Å². The maximum atomic E-state index is 11.9. The van der Waals surface area contributed by atoms with Gasteiger partial charge in [-0.25, -0.2) is 4.68 Å². The number of nitrogens with zero attached hydrogens (tertiary/aromatic N) is 2. The predicted molar refractivity (Wildman–Crippen MR) is 88.3 cm³/mol. The van der Waals surface area contributed by atoms with Crippen molar-refractivity contribution >= 4 is 5.97 Å². The van der Waals surface area contributed by atoms with Gasteiger partial charge in [-0.15, -0.1) is 0 Å². The van der Waals surface area contributed by atoms with Gasteiger partial charge in [0.1, 0.15) is 6.54 Å². The molecule has 0 N–H and O–H groups in total. The molecule has 0 bridgehead atoms. The Balaban J connectivity index is 2.34. The van der Waals surface area contributed by atoms with Gasteiger partial charge in [0.05, 0.1) is 26.0 Å². The fourth-order valence-electron chi connectivity index (χ4n) is 2.13. The Kier molecular flexibility index (Phi) is 5.57. The van der Waals surface area contributed by atoms with E-state index in [2.05, 4.69) is 5.10 Å². The van der Waals surface area contributed by atoms with Gasteiger partial charge in [-0.05, 0) is 38.1 Å². The third-order valence-corrected chi connectivity index (χ3v) is 3.19. The van der Waals surface area contributed by atoms with Crippen LogP contribution in [0.4, 0.5) is 0 Å². The third kappa shape index (κ3) is 4.13. The highest BCUT2D eigenvalue weighted by atomic mass is 16.5. The zero-order valence-corrected chi connectivity index (χ0v) is 14.1. The van der Waals surface area contributed by atoms with Crippen molar-refractivity contribution in [2.75, 3.05) is 14.2 Å². The van der Waals surface area contributed by atoms with E-state index in [1.54, 1.807) is 45.2 Å². The highest BCUT2D eigenvalue weighted by molar-refractivity contribution is 5.69. The maximum Gasteiger partial charge on any atom is 0.328 e. The molecule has 0 saturated carbocycles. The van der Waals surface area contributed by atoms with E-state index in [0.29, 0.717) is 17.2 Å². The van der Waals surface area contributed by atoms with Crippen LogP contribution in [0.2, 0.25) is 0 Å². The SMILES string of the molecule is COc1ccc(-c2ccc(=O)n(CC(=O)OC(C)C)n2)cc1OC. The molecule has 0 aliphatic heterocycles. The van der Waals surface area contributed by atoms with E-state index in [9.17, 15) is 9.59 Å². The van der Waals surface area contributed by atoms with E-state index in [-0.39, 0.29) is 18.2 Å². The molecule has 0 spiro atoms. The molecule has 0 aliphatic carbocycles. The van der Waals surface area contributed by atoms with Crippen molar-refractivity contribution in [2.45, 2.75) is 26.5 Å². The molecule has 1 heterocycles. The molecular formula is C17H20N2O5. The van der Waals surface area contributed by atoms with Crippen molar-refractivity contribution in [1.29, 1.82) is 0 Å². The quantitative estimate of drug-likeness (QED) is 0.752. The first-order valence-electron chi connectivity index (χ1n) is 7.44. The van der Waals surface area contributed by atoms with Gasteiger partial charge >= 0.3 is 5.97 Å².